The number of ether oxygens (including phenoxy) is 3. The number of aromatic nitrogens is 1. The van der Waals surface area contributed by atoms with Gasteiger partial charge in [-0.05, 0) is 33.8 Å². The number of nitrogens with zero attached hydrogens (tertiary/aromatic N) is 1. The van der Waals surface area contributed by atoms with Crippen molar-refractivity contribution in [2.45, 2.75) is 33.3 Å². The third-order valence-corrected chi connectivity index (χ3v) is 2.57. The fraction of sp³-hybridized carbons (Fsp3) is 0.562. The van der Waals surface area contributed by atoms with Gasteiger partial charge in [0, 0.05) is 12.3 Å². The fourth-order valence-electron chi connectivity index (χ4n) is 1.56. The van der Waals surface area contributed by atoms with E-state index in [9.17, 15) is 9.59 Å². The highest BCUT2D eigenvalue weighted by Crippen LogP contribution is 2.09. The van der Waals surface area contributed by atoms with Crippen LogP contribution in [0.3, 0.4) is 0 Å². The van der Waals surface area contributed by atoms with Gasteiger partial charge in [-0.3, -0.25) is 9.59 Å². The second kappa shape index (κ2) is 9.09. The number of pyridine rings is 1. The average Bonchev–Trinajstić information content (AvgIpc) is 2.49. The predicted molar refractivity (Wildman–Crippen MR) is 84.4 cm³/mol. The molecule has 0 saturated carbocycles. The molecule has 1 aromatic rings. The Morgan fingerprint density at radius 1 is 1.22 bits per heavy atom. The number of carbonyl (C=O) groups is 2. The zero-order valence-electron chi connectivity index (χ0n) is 14.0. The van der Waals surface area contributed by atoms with Crippen molar-refractivity contribution in [2.75, 3.05) is 26.4 Å². The molecule has 1 aromatic heterocycles. The molecule has 23 heavy (non-hydrogen) atoms. The molecule has 0 atom stereocenters. The first kappa shape index (κ1) is 18.9. The van der Waals surface area contributed by atoms with E-state index in [1.807, 2.05) is 20.8 Å². The summed E-state index contributed by atoms with van der Waals surface area (Å²) in [5.74, 6) is -0.467. The van der Waals surface area contributed by atoms with Crippen LogP contribution >= 0.6 is 0 Å². The summed E-state index contributed by atoms with van der Waals surface area (Å²) in [6.07, 6.45) is 1.39. The van der Waals surface area contributed by atoms with E-state index in [-0.39, 0.29) is 18.8 Å². The van der Waals surface area contributed by atoms with Crippen LogP contribution in [-0.2, 0) is 14.3 Å². The number of hydrogen-bond acceptors (Lipinski definition) is 6. The van der Waals surface area contributed by atoms with Crippen LogP contribution in [0, 0.1) is 0 Å². The third-order valence-electron chi connectivity index (χ3n) is 2.57. The molecule has 7 nitrogen and oxygen atoms in total. The van der Waals surface area contributed by atoms with Crippen molar-refractivity contribution in [3.8, 4) is 5.88 Å². The van der Waals surface area contributed by atoms with Crippen molar-refractivity contribution >= 4 is 11.9 Å². The molecule has 0 aliphatic rings. The monoisotopic (exact) mass is 324 g/mol. The number of hydrogen-bond donors (Lipinski definition) is 1. The largest absolute Gasteiger partial charge is 0.475 e. The molecule has 0 saturated heterocycles. The van der Waals surface area contributed by atoms with Crippen LogP contribution in [0.2, 0.25) is 0 Å². The molecule has 0 radical (unpaired) electrons. The summed E-state index contributed by atoms with van der Waals surface area (Å²) in [6.45, 7) is 8.54. The smallest absolute Gasteiger partial charge is 0.325 e. The van der Waals surface area contributed by atoms with Crippen LogP contribution in [0.4, 0.5) is 0 Å². The summed E-state index contributed by atoms with van der Waals surface area (Å²) in [4.78, 5) is 27.0. The summed E-state index contributed by atoms with van der Waals surface area (Å²) in [7, 11) is 0. The number of esters is 1. The Morgan fingerprint density at radius 3 is 2.52 bits per heavy atom. The molecule has 0 aliphatic carbocycles. The topological polar surface area (TPSA) is 86.8 Å². The van der Waals surface area contributed by atoms with Gasteiger partial charge in [0.1, 0.15) is 13.2 Å². The summed E-state index contributed by atoms with van der Waals surface area (Å²) in [5, 5.41) is 2.46. The number of nitrogens with one attached hydrogen (secondary N) is 1. The lowest BCUT2D eigenvalue weighted by Gasteiger charge is -2.19. The number of rotatable bonds is 8. The van der Waals surface area contributed by atoms with Crippen molar-refractivity contribution < 1.29 is 23.8 Å². The van der Waals surface area contributed by atoms with Gasteiger partial charge >= 0.3 is 5.97 Å². The second-order valence-electron chi connectivity index (χ2n) is 5.68. The molecule has 1 rings (SSSR count). The van der Waals surface area contributed by atoms with E-state index in [1.165, 1.54) is 6.20 Å². The molecular formula is C16H24N2O5. The number of amides is 1. The minimum atomic E-state index is -0.479. The minimum Gasteiger partial charge on any atom is -0.475 e. The maximum absolute atomic E-state index is 11.8. The van der Waals surface area contributed by atoms with Crippen molar-refractivity contribution in [2.24, 2.45) is 0 Å². The first-order valence-electron chi connectivity index (χ1n) is 7.48. The summed E-state index contributed by atoms with van der Waals surface area (Å²) in [6, 6.07) is 3.17. The van der Waals surface area contributed by atoms with Crippen LogP contribution in [0.5, 0.6) is 5.88 Å². The molecule has 1 heterocycles. The van der Waals surface area contributed by atoms with E-state index < -0.39 is 11.9 Å². The molecule has 7 heteroatoms. The summed E-state index contributed by atoms with van der Waals surface area (Å²) in [5.41, 5.74) is 0.130. The molecule has 1 amide bonds. The van der Waals surface area contributed by atoms with Gasteiger partial charge in [-0.1, -0.05) is 0 Å². The minimum absolute atomic E-state index is 0.172. The zero-order chi connectivity index (χ0) is 17.3. The van der Waals surface area contributed by atoms with E-state index in [0.717, 1.165) is 0 Å². The average molecular weight is 324 g/mol. The molecule has 1 N–H and O–H groups in total. The molecule has 0 aromatic carbocycles. The molecule has 0 bridgehead atoms. The SMILES string of the molecule is CCOC(=O)CNC(=O)c1ccc(OCCOC(C)(C)C)nc1. The van der Waals surface area contributed by atoms with Crippen molar-refractivity contribution in [1.29, 1.82) is 0 Å². The van der Waals surface area contributed by atoms with Gasteiger partial charge in [0.25, 0.3) is 5.91 Å². The highest BCUT2D eigenvalue weighted by Gasteiger charge is 2.11. The van der Waals surface area contributed by atoms with Crippen molar-refractivity contribution in [3.05, 3.63) is 23.9 Å². The normalized spacial score (nSPS) is 11.0. The van der Waals surface area contributed by atoms with Crippen LogP contribution in [0.15, 0.2) is 18.3 Å². The Balaban J connectivity index is 2.37. The molecule has 128 valence electrons. The molecule has 0 unspecified atom stereocenters. The third kappa shape index (κ3) is 8.15. The summed E-state index contributed by atoms with van der Waals surface area (Å²) >= 11 is 0. The van der Waals surface area contributed by atoms with Crippen LogP contribution in [-0.4, -0.2) is 48.8 Å². The Labute approximate surface area is 136 Å². The Hall–Kier alpha value is -2.15. The molecule has 0 spiro atoms. The van der Waals surface area contributed by atoms with Crippen molar-refractivity contribution in [1.82, 2.24) is 10.3 Å². The van der Waals surface area contributed by atoms with E-state index in [2.05, 4.69) is 10.3 Å². The maximum Gasteiger partial charge on any atom is 0.325 e. The fourth-order valence-corrected chi connectivity index (χ4v) is 1.56. The predicted octanol–water partition coefficient (Wildman–Crippen LogP) is 1.57. The lowest BCUT2D eigenvalue weighted by molar-refractivity contribution is -0.141. The number of carbonyl (C=O) groups excluding carboxylic acids is 2. The second-order valence-corrected chi connectivity index (χ2v) is 5.68. The highest BCUT2D eigenvalue weighted by atomic mass is 16.5. The van der Waals surface area contributed by atoms with E-state index in [0.29, 0.717) is 24.7 Å². The molecule has 0 fully saturated rings. The van der Waals surface area contributed by atoms with Gasteiger partial charge in [0.05, 0.1) is 24.4 Å². The van der Waals surface area contributed by atoms with E-state index in [4.69, 9.17) is 14.2 Å². The summed E-state index contributed by atoms with van der Waals surface area (Å²) < 4.78 is 15.7. The Morgan fingerprint density at radius 2 is 1.96 bits per heavy atom. The van der Waals surface area contributed by atoms with Crippen LogP contribution in [0.1, 0.15) is 38.1 Å². The molecular weight excluding hydrogens is 300 g/mol. The lowest BCUT2D eigenvalue weighted by atomic mass is 10.2. The van der Waals surface area contributed by atoms with E-state index >= 15 is 0 Å². The quantitative estimate of drug-likeness (QED) is 0.577. The molecule has 0 aliphatic heterocycles. The van der Waals surface area contributed by atoms with Gasteiger partial charge < -0.3 is 19.5 Å². The zero-order valence-corrected chi connectivity index (χ0v) is 14.0. The standard InChI is InChI=1S/C16H24N2O5/c1-5-21-14(19)11-18-15(20)12-6-7-13(17-10-12)22-8-9-23-16(2,3)4/h6-7,10H,5,8-9,11H2,1-4H3,(H,18,20). The van der Waals surface area contributed by atoms with Gasteiger partial charge in [0.2, 0.25) is 5.88 Å². The highest BCUT2D eigenvalue weighted by molar-refractivity contribution is 5.95. The van der Waals surface area contributed by atoms with Crippen molar-refractivity contribution in [3.63, 3.8) is 0 Å². The van der Waals surface area contributed by atoms with Gasteiger partial charge in [-0.2, -0.15) is 0 Å². The Bertz CT molecular complexity index is 508. The first-order valence-corrected chi connectivity index (χ1v) is 7.48. The van der Waals surface area contributed by atoms with Gasteiger partial charge in [-0.15, -0.1) is 0 Å². The van der Waals surface area contributed by atoms with Gasteiger partial charge in [-0.25, -0.2) is 4.98 Å². The maximum atomic E-state index is 11.8. The first-order chi connectivity index (χ1) is 10.8. The van der Waals surface area contributed by atoms with Crippen LogP contribution < -0.4 is 10.1 Å². The Kier molecular flexibility index (Phi) is 7.47. The lowest BCUT2D eigenvalue weighted by Crippen LogP contribution is -2.30. The van der Waals surface area contributed by atoms with Gasteiger partial charge in [0.15, 0.2) is 0 Å². The van der Waals surface area contributed by atoms with Crippen LogP contribution in [0.25, 0.3) is 0 Å². The van der Waals surface area contributed by atoms with E-state index in [1.54, 1.807) is 19.1 Å².